The summed E-state index contributed by atoms with van der Waals surface area (Å²) in [5, 5.41) is 14.9. The monoisotopic (exact) mass is 560 g/mol. The van der Waals surface area contributed by atoms with Crippen LogP contribution in [0.3, 0.4) is 0 Å². The second kappa shape index (κ2) is 10.7. The second-order valence-electron chi connectivity index (χ2n) is 9.30. The summed E-state index contributed by atoms with van der Waals surface area (Å²) in [6.07, 6.45) is 0. The highest BCUT2D eigenvalue weighted by atomic mass is 32.2. The Hall–Kier alpha value is -4.36. The number of benzene rings is 7. The molecule has 1 N–H and O–H groups in total. The predicted octanol–water partition coefficient (Wildman–Crippen LogP) is 7.98. The van der Waals surface area contributed by atoms with Crippen LogP contribution in [0.1, 0.15) is 0 Å². The summed E-state index contributed by atoms with van der Waals surface area (Å²) in [5.74, 6) is 0.304. The van der Waals surface area contributed by atoms with Gasteiger partial charge in [0.2, 0.25) is 0 Å². The fraction of sp³-hybridized carbons (Fsp3) is 0. The van der Waals surface area contributed by atoms with E-state index in [1.807, 2.05) is 60.7 Å². The highest BCUT2D eigenvalue weighted by Gasteiger charge is 2.28. The molecule has 6 heteroatoms. The first kappa shape index (κ1) is 25.9. The van der Waals surface area contributed by atoms with Crippen molar-refractivity contribution in [3.05, 3.63) is 140 Å². The maximum atomic E-state index is 11.4. The van der Waals surface area contributed by atoms with Crippen LogP contribution in [0.5, 0.6) is 5.75 Å². The maximum Gasteiger partial charge on any atom is 0.166 e. The minimum Gasteiger partial charge on any atom is -0.744 e. The molecule has 0 aliphatic heterocycles. The zero-order valence-corrected chi connectivity index (χ0v) is 22.9. The lowest BCUT2D eigenvalue weighted by molar-refractivity contribution is 0.464. The Balaban J connectivity index is 0.000000145. The number of hydrogen-bond donors (Lipinski definition) is 1. The van der Waals surface area contributed by atoms with Gasteiger partial charge in [0.05, 0.1) is 15.8 Å². The molecule has 0 aromatic heterocycles. The van der Waals surface area contributed by atoms with Crippen LogP contribution < -0.4 is 0 Å². The van der Waals surface area contributed by atoms with Gasteiger partial charge in [-0.15, -0.1) is 0 Å². The van der Waals surface area contributed by atoms with Crippen molar-refractivity contribution in [3.8, 4) is 5.75 Å². The van der Waals surface area contributed by atoms with E-state index >= 15 is 0 Å². The quantitative estimate of drug-likeness (QED) is 0.135. The van der Waals surface area contributed by atoms with Crippen LogP contribution >= 0.6 is 0 Å². The van der Waals surface area contributed by atoms with Crippen LogP contribution in [-0.4, -0.2) is 18.1 Å². The molecule has 0 amide bonds. The molecule has 0 saturated heterocycles. The average Bonchev–Trinajstić information content (AvgIpc) is 2.98. The number of rotatable bonds is 4. The molecule has 0 spiro atoms. The smallest absolute Gasteiger partial charge is 0.166 e. The Morgan fingerprint density at radius 1 is 0.500 bits per heavy atom. The minimum absolute atomic E-state index is 0.134. The lowest BCUT2D eigenvalue weighted by Crippen LogP contribution is -2.04. The molecule has 196 valence electrons. The molecule has 0 unspecified atom stereocenters. The predicted molar refractivity (Wildman–Crippen MR) is 161 cm³/mol. The maximum absolute atomic E-state index is 11.4. The van der Waals surface area contributed by atoms with E-state index in [1.165, 1.54) is 20.8 Å². The van der Waals surface area contributed by atoms with Gasteiger partial charge in [-0.3, -0.25) is 0 Å². The summed E-state index contributed by atoms with van der Waals surface area (Å²) < 4.78 is 34.3. The first-order valence-electron chi connectivity index (χ1n) is 12.7. The van der Waals surface area contributed by atoms with Gasteiger partial charge < -0.3 is 9.66 Å². The molecule has 0 bridgehead atoms. The van der Waals surface area contributed by atoms with Crippen LogP contribution in [0.2, 0.25) is 0 Å². The van der Waals surface area contributed by atoms with Crippen molar-refractivity contribution in [2.24, 2.45) is 0 Å². The normalized spacial score (nSPS) is 11.7. The van der Waals surface area contributed by atoms with Crippen molar-refractivity contribution < 1.29 is 18.1 Å². The molecule has 0 aliphatic rings. The molecular formula is C34H24O4S2. The van der Waals surface area contributed by atoms with E-state index in [0.29, 0.717) is 11.1 Å². The molecule has 7 aromatic carbocycles. The fourth-order valence-corrected chi connectivity index (χ4v) is 7.79. The van der Waals surface area contributed by atoms with Crippen LogP contribution in [0.25, 0.3) is 32.3 Å². The van der Waals surface area contributed by atoms with E-state index in [0.717, 1.165) is 26.9 Å². The molecular weight excluding hydrogens is 537 g/mol. The van der Waals surface area contributed by atoms with E-state index < -0.39 is 10.1 Å². The Morgan fingerprint density at radius 3 is 1.52 bits per heavy atom. The molecule has 40 heavy (non-hydrogen) atoms. The van der Waals surface area contributed by atoms with Gasteiger partial charge in [0.25, 0.3) is 0 Å². The summed E-state index contributed by atoms with van der Waals surface area (Å²) in [6.45, 7) is 0. The Labute approximate surface area is 235 Å². The highest BCUT2D eigenvalue weighted by Crippen LogP contribution is 2.37. The lowest BCUT2D eigenvalue weighted by Gasteiger charge is -2.15. The first-order valence-corrected chi connectivity index (χ1v) is 15.3. The Morgan fingerprint density at radius 2 is 0.975 bits per heavy atom. The molecule has 0 fully saturated rings. The molecule has 7 aromatic rings. The van der Waals surface area contributed by atoms with E-state index in [-0.39, 0.29) is 15.8 Å². The molecule has 4 nitrogen and oxygen atoms in total. The number of phenolic OH excluding ortho intramolecular Hbond substituents is 1. The zero-order valence-electron chi connectivity index (χ0n) is 21.3. The molecule has 0 heterocycles. The number of aromatic hydroxyl groups is 1. The molecule has 0 radical (unpaired) electrons. The number of phenols is 1. The van der Waals surface area contributed by atoms with E-state index in [9.17, 15) is 18.1 Å². The van der Waals surface area contributed by atoms with Crippen LogP contribution in [0, 0.1) is 0 Å². The lowest BCUT2D eigenvalue weighted by atomic mass is 9.94. The topological polar surface area (TPSA) is 77.4 Å². The van der Waals surface area contributed by atoms with Crippen molar-refractivity contribution in [3.63, 3.8) is 0 Å². The number of hydrogen-bond acceptors (Lipinski definition) is 4. The van der Waals surface area contributed by atoms with Crippen molar-refractivity contribution in [2.45, 2.75) is 19.6 Å². The molecule has 0 saturated carbocycles. The average molecular weight is 561 g/mol. The van der Waals surface area contributed by atoms with E-state index in [2.05, 4.69) is 48.5 Å². The molecule has 0 aliphatic carbocycles. The Bertz CT molecular complexity index is 1970. The summed E-state index contributed by atoms with van der Waals surface area (Å²) in [5.41, 5.74) is 0. The van der Waals surface area contributed by atoms with Gasteiger partial charge in [-0.2, -0.15) is 0 Å². The van der Waals surface area contributed by atoms with Crippen molar-refractivity contribution in [2.75, 3.05) is 0 Å². The summed E-state index contributed by atoms with van der Waals surface area (Å²) in [7, 11) is -4.61. The van der Waals surface area contributed by atoms with Crippen LogP contribution in [0.15, 0.2) is 159 Å². The van der Waals surface area contributed by atoms with Gasteiger partial charge in [-0.1, -0.05) is 84.9 Å². The van der Waals surface area contributed by atoms with Gasteiger partial charge >= 0.3 is 0 Å². The van der Waals surface area contributed by atoms with Gasteiger partial charge in [0.1, 0.15) is 15.9 Å². The van der Waals surface area contributed by atoms with Crippen molar-refractivity contribution in [1.29, 1.82) is 0 Å². The fourth-order valence-electron chi connectivity index (χ4n) is 5.03. The van der Waals surface area contributed by atoms with Gasteiger partial charge in [0.15, 0.2) is 14.7 Å². The second-order valence-corrected chi connectivity index (χ2v) is 12.7. The third-order valence-corrected chi connectivity index (χ3v) is 9.91. The largest absolute Gasteiger partial charge is 0.744 e. The standard InChI is InChI=1S/C18H14OS.C16H10O3S/c19-15-11-13-18(14-12-15)20(16-7-3-1-4-8-16)17-9-5-2-6-10-17;17-20(18,19)14-9-7-12-5-4-10-2-1-3-11-6-8-13(14)16(12)15(10)11/h1-14H;1-9H,(H,17,18,19). The van der Waals surface area contributed by atoms with Gasteiger partial charge in [-0.25, -0.2) is 8.42 Å². The SMILES string of the molecule is O=S(=O)([O-])c1ccc2ccc3cccc4ccc1c2c34.Oc1ccc([S+](c2ccccc2)c2ccccc2)cc1. The third kappa shape index (κ3) is 5.00. The van der Waals surface area contributed by atoms with Gasteiger partial charge in [0, 0.05) is 5.39 Å². The first-order chi connectivity index (χ1) is 19.4. The summed E-state index contributed by atoms with van der Waals surface area (Å²) in [4.78, 5) is 3.62. The van der Waals surface area contributed by atoms with Crippen LogP contribution in [0.4, 0.5) is 0 Å². The van der Waals surface area contributed by atoms with Crippen molar-refractivity contribution >= 4 is 53.3 Å². The van der Waals surface area contributed by atoms with Crippen LogP contribution in [-0.2, 0) is 21.0 Å². The minimum atomic E-state index is -4.48. The van der Waals surface area contributed by atoms with E-state index in [4.69, 9.17) is 0 Å². The third-order valence-electron chi connectivity index (χ3n) is 6.79. The highest BCUT2D eigenvalue weighted by molar-refractivity contribution is 7.97. The summed E-state index contributed by atoms with van der Waals surface area (Å²) in [6, 6.07) is 45.0. The molecule has 0 atom stereocenters. The van der Waals surface area contributed by atoms with Crippen molar-refractivity contribution in [1.82, 2.24) is 0 Å². The Kier molecular flexibility index (Phi) is 6.90. The zero-order chi connectivity index (χ0) is 27.7. The van der Waals surface area contributed by atoms with Gasteiger partial charge in [-0.05, 0) is 81.5 Å². The van der Waals surface area contributed by atoms with E-state index in [1.54, 1.807) is 24.3 Å². The molecule has 7 rings (SSSR count). The summed E-state index contributed by atoms with van der Waals surface area (Å²) >= 11 is 0.